The number of phenolic OH excluding ortho intramolecular Hbond substituents is 1. The molecule has 2 atom stereocenters. The number of hydrogen-bond donors (Lipinski definition) is 2. The van der Waals surface area contributed by atoms with E-state index in [4.69, 9.17) is 0 Å². The summed E-state index contributed by atoms with van der Waals surface area (Å²) < 4.78 is 13.0. The fourth-order valence-corrected chi connectivity index (χ4v) is 2.35. The Bertz CT molecular complexity index is 605. The largest absolute Gasteiger partial charge is 0.508 e. The van der Waals surface area contributed by atoms with E-state index in [9.17, 15) is 19.4 Å². The molecule has 0 aromatic heterocycles. The second-order valence-corrected chi connectivity index (χ2v) is 5.16. The van der Waals surface area contributed by atoms with Gasteiger partial charge in [-0.1, -0.05) is 31.2 Å². The van der Waals surface area contributed by atoms with E-state index in [2.05, 4.69) is 0 Å². The van der Waals surface area contributed by atoms with Crippen LogP contribution in [0.4, 0.5) is 4.39 Å². The van der Waals surface area contributed by atoms with Crippen molar-refractivity contribution in [3.63, 3.8) is 0 Å². The second-order valence-electron chi connectivity index (χ2n) is 5.16. The highest BCUT2D eigenvalue weighted by molar-refractivity contribution is 5.71. The maximum absolute atomic E-state index is 13.0. The molecule has 2 aromatic carbocycles. The number of aliphatic carboxylic acids is 1. The third kappa shape index (κ3) is 3.81. The first-order valence-electron chi connectivity index (χ1n) is 6.73. The summed E-state index contributed by atoms with van der Waals surface area (Å²) >= 11 is 0. The lowest BCUT2D eigenvalue weighted by atomic mass is 9.82. The maximum Gasteiger partial charge on any atom is 0.306 e. The molecule has 0 amide bonds. The van der Waals surface area contributed by atoms with Crippen LogP contribution in [0.2, 0.25) is 0 Å². The average molecular weight is 288 g/mol. The number of carboxylic acids is 1. The van der Waals surface area contributed by atoms with E-state index in [1.807, 2.05) is 0 Å². The van der Waals surface area contributed by atoms with Gasteiger partial charge in [-0.25, -0.2) is 4.39 Å². The fraction of sp³-hybridized carbons (Fsp3) is 0.235. The van der Waals surface area contributed by atoms with Gasteiger partial charge < -0.3 is 10.2 Å². The van der Waals surface area contributed by atoms with E-state index in [0.717, 1.165) is 11.1 Å². The highest BCUT2D eigenvalue weighted by Crippen LogP contribution is 2.29. The van der Waals surface area contributed by atoms with Crippen LogP contribution in [0.3, 0.4) is 0 Å². The number of rotatable bonds is 5. The van der Waals surface area contributed by atoms with Crippen molar-refractivity contribution in [1.82, 2.24) is 0 Å². The van der Waals surface area contributed by atoms with Crippen molar-refractivity contribution in [2.24, 2.45) is 5.92 Å². The van der Waals surface area contributed by atoms with Crippen molar-refractivity contribution < 1.29 is 19.4 Å². The van der Waals surface area contributed by atoms with E-state index in [0.29, 0.717) is 6.42 Å². The summed E-state index contributed by atoms with van der Waals surface area (Å²) in [6, 6.07) is 12.6. The molecule has 21 heavy (non-hydrogen) atoms. The summed E-state index contributed by atoms with van der Waals surface area (Å²) in [7, 11) is 0. The Hall–Kier alpha value is -2.36. The first-order valence-corrected chi connectivity index (χ1v) is 6.73. The quantitative estimate of drug-likeness (QED) is 0.884. The van der Waals surface area contributed by atoms with Gasteiger partial charge in [-0.05, 0) is 41.8 Å². The Morgan fingerprint density at radius 3 is 2.19 bits per heavy atom. The minimum absolute atomic E-state index is 0.170. The standard InChI is InChI=1S/C17H17FO3/c1-11(17(20)21)16(13-4-6-14(18)7-5-13)10-12-2-8-15(19)9-3-12/h2-9,11,16,19H,10H2,1H3,(H,20,21). The zero-order chi connectivity index (χ0) is 15.4. The predicted octanol–water partition coefficient (Wildman–Crippen LogP) is 3.58. The van der Waals surface area contributed by atoms with Gasteiger partial charge in [-0.3, -0.25) is 4.79 Å². The van der Waals surface area contributed by atoms with Crippen molar-refractivity contribution in [2.45, 2.75) is 19.3 Å². The van der Waals surface area contributed by atoms with Crippen molar-refractivity contribution in [1.29, 1.82) is 0 Å². The molecule has 2 unspecified atom stereocenters. The van der Waals surface area contributed by atoms with Crippen molar-refractivity contribution in [2.75, 3.05) is 0 Å². The molecule has 0 aliphatic rings. The SMILES string of the molecule is CC(C(=O)O)C(Cc1ccc(O)cc1)c1ccc(F)cc1. The summed E-state index contributed by atoms with van der Waals surface area (Å²) in [4.78, 5) is 11.3. The Labute approximate surface area is 122 Å². The van der Waals surface area contributed by atoms with Crippen LogP contribution >= 0.6 is 0 Å². The summed E-state index contributed by atoms with van der Waals surface area (Å²) in [5.41, 5.74) is 1.72. The molecule has 0 bridgehead atoms. The fourth-order valence-electron chi connectivity index (χ4n) is 2.35. The van der Waals surface area contributed by atoms with E-state index >= 15 is 0 Å². The van der Waals surface area contributed by atoms with Crippen LogP contribution in [0.5, 0.6) is 5.75 Å². The lowest BCUT2D eigenvalue weighted by Gasteiger charge is -2.21. The zero-order valence-corrected chi connectivity index (χ0v) is 11.7. The lowest BCUT2D eigenvalue weighted by Crippen LogP contribution is -2.21. The Morgan fingerprint density at radius 2 is 1.67 bits per heavy atom. The highest BCUT2D eigenvalue weighted by Gasteiger charge is 2.25. The Balaban J connectivity index is 2.29. The van der Waals surface area contributed by atoms with Crippen LogP contribution in [-0.4, -0.2) is 16.2 Å². The average Bonchev–Trinajstić information content (AvgIpc) is 2.47. The minimum Gasteiger partial charge on any atom is -0.508 e. The smallest absolute Gasteiger partial charge is 0.306 e. The van der Waals surface area contributed by atoms with Gasteiger partial charge in [0.2, 0.25) is 0 Å². The van der Waals surface area contributed by atoms with Crippen LogP contribution in [0, 0.1) is 11.7 Å². The molecule has 2 aromatic rings. The van der Waals surface area contributed by atoms with Crippen LogP contribution in [0.1, 0.15) is 24.0 Å². The van der Waals surface area contributed by atoms with Crippen LogP contribution in [-0.2, 0) is 11.2 Å². The van der Waals surface area contributed by atoms with Gasteiger partial charge in [0, 0.05) is 5.92 Å². The molecule has 0 saturated heterocycles. The van der Waals surface area contributed by atoms with Crippen molar-refractivity contribution in [3.8, 4) is 5.75 Å². The molecular weight excluding hydrogens is 271 g/mol. The molecule has 3 nitrogen and oxygen atoms in total. The van der Waals surface area contributed by atoms with Gasteiger partial charge in [0.15, 0.2) is 0 Å². The number of benzene rings is 2. The number of phenols is 1. The number of aromatic hydroxyl groups is 1. The molecule has 0 saturated carbocycles. The summed E-state index contributed by atoms with van der Waals surface area (Å²) in [6.07, 6.45) is 0.513. The van der Waals surface area contributed by atoms with E-state index in [1.165, 1.54) is 12.1 Å². The molecule has 0 radical (unpaired) electrons. The monoisotopic (exact) mass is 288 g/mol. The molecule has 4 heteroatoms. The molecule has 0 aliphatic heterocycles. The molecule has 0 heterocycles. The predicted molar refractivity (Wildman–Crippen MR) is 77.8 cm³/mol. The van der Waals surface area contributed by atoms with Gasteiger partial charge in [0.1, 0.15) is 11.6 Å². The van der Waals surface area contributed by atoms with E-state index in [1.54, 1.807) is 43.3 Å². The number of carbonyl (C=O) groups is 1. The molecule has 2 rings (SSSR count). The lowest BCUT2D eigenvalue weighted by molar-refractivity contribution is -0.141. The van der Waals surface area contributed by atoms with E-state index in [-0.39, 0.29) is 17.5 Å². The normalized spacial score (nSPS) is 13.6. The van der Waals surface area contributed by atoms with Crippen molar-refractivity contribution in [3.05, 3.63) is 65.5 Å². The summed E-state index contributed by atoms with van der Waals surface area (Å²) in [6.45, 7) is 1.65. The van der Waals surface area contributed by atoms with E-state index < -0.39 is 11.9 Å². The van der Waals surface area contributed by atoms with Gasteiger partial charge in [-0.2, -0.15) is 0 Å². The minimum atomic E-state index is -0.886. The number of hydrogen-bond acceptors (Lipinski definition) is 2. The van der Waals surface area contributed by atoms with Gasteiger partial charge >= 0.3 is 5.97 Å². The molecule has 2 N–H and O–H groups in total. The zero-order valence-electron chi connectivity index (χ0n) is 11.7. The molecule has 0 aliphatic carbocycles. The Kier molecular flexibility index (Phi) is 4.58. The van der Waals surface area contributed by atoms with Gasteiger partial charge in [0.25, 0.3) is 0 Å². The van der Waals surface area contributed by atoms with Gasteiger partial charge in [-0.15, -0.1) is 0 Å². The summed E-state index contributed by atoms with van der Waals surface area (Å²) in [5, 5.41) is 18.6. The first kappa shape index (κ1) is 15.0. The molecular formula is C17H17FO3. The third-order valence-corrected chi connectivity index (χ3v) is 3.68. The van der Waals surface area contributed by atoms with Crippen molar-refractivity contribution >= 4 is 5.97 Å². The van der Waals surface area contributed by atoms with Crippen LogP contribution in [0.15, 0.2) is 48.5 Å². The van der Waals surface area contributed by atoms with Crippen LogP contribution in [0.25, 0.3) is 0 Å². The first-order chi connectivity index (χ1) is 9.97. The molecule has 0 fully saturated rings. The second kappa shape index (κ2) is 6.39. The van der Waals surface area contributed by atoms with Crippen LogP contribution < -0.4 is 0 Å². The molecule has 0 spiro atoms. The Morgan fingerprint density at radius 1 is 1.10 bits per heavy atom. The third-order valence-electron chi connectivity index (χ3n) is 3.68. The van der Waals surface area contributed by atoms with Gasteiger partial charge in [0.05, 0.1) is 5.92 Å². The topological polar surface area (TPSA) is 57.5 Å². The number of halogens is 1. The molecule has 110 valence electrons. The summed E-state index contributed by atoms with van der Waals surface area (Å²) in [5.74, 6) is -1.91. The number of carboxylic acid groups (broad SMARTS) is 1. The highest BCUT2D eigenvalue weighted by atomic mass is 19.1. The maximum atomic E-state index is 13.0.